The first kappa shape index (κ1) is 8.97. The van der Waals surface area contributed by atoms with Crippen LogP contribution in [-0.2, 0) is 0 Å². The summed E-state index contributed by atoms with van der Waals surface area (Å²) in [5.74, 6) is -3.04. The van der Waals surface area contributed by atoms with Crippen LogP contribution in [0.4, 0.5) is 8.78 Å². The standard InChI is InChI=1S/C9H9F2NS/c10-9(11)5-8(9)6-1-3-7(13-12)4-2-6/h1-4,8H,5,12H2. The summed E-state index contributed by atoms with van der Waals surface area (Å²) >= 11 is 1.12. The molecule has 2 rings (SSSR count). The molecule has 0 aliphatic heterocycles. The molecule has 4 heteroatoms. The Morgan fingerprint density at radius 1 is 1.31 bits per heavy atom. The van der Waals surface area contributed by atoms with Crippen molar-refractivity contribution in [3.05, 3.63) is 29.8 Å². The molecule has 0 bridgehead atoms. The minimum atomic E-state index is -2.47. The Hall–Kier alpha value is -0.610. The zero-order valence-corrected chi connectivity index (χ0v) is 7.65. The van der Waals surface area contributed by atoms with Crippen LogP contribution in [0.5, 0.6) is 0 Å². The van der Waals surface area contributed by atoms with Crippen molar-refractivity contribution in [3.8, 4) is 0 Å². The largest absolute Gasteiger partial charge is 0.274 e. The van der Waals surface area contributed by atoms with Crippen LogP contribution < -0.4 is 5.14 Å². The van der Waals surface area contributed by atoms with E-state index in [9.17, 15) is 8.78 Å². The summed E-state index contributed by atoms with van der Waals surface area (Å²) < 4.78 is 25.3. The van der Waals surface area contributed by atoms with Crippen LogP contribution >= 0.6 is 11.9 Å². The second-order valence-electron chi connectivity index (χ2n) is 3.20. The maximum Gasteiger partial charge on any atom is 0.255 e. The summed E-state index contributed by atoms with van der Waals surface area (Å²) in [6.45, 7) is 0. The molecular formula is C9H9F2NS. The van der Waals surface area contributed by atoms with E-state index >= 15 is 0 Å². The molecular weight excluding hydrogens is 192 g/mol. The lowest BCUT2D eigenvalue weighted by molar-refractivity contribution is 0.112. The van der Waals surface area contributed by atoms with Crippen molar-refractivity contribution in [1.29, 1.82) is 0 Å². The predicted octanol–water partition coefficient (Wildman–Crippen LogP) is 2.78. The number of hydrogen-bond donors (Lipinski definition) is 1. The van der Waals surface area contributed by atoms with Gasteiger partial charge in [0.2, 0.25) is 0 Å². The molecule has 0 aromatic heterocycles. The Balaban J connectivity index is 2.16. The van der Waals surface area contributed by atoms with E-state index in [2.05, 4.69) is 0 Å². The van der Waals surface area contributed by atoms with Gasteiger partial charge in [-0.25, -0.2) is 8.78 Å². The van der Waals surface area contributed by atoms with Gasteiger partial charge in [-0.2, -0.15) is 0 Å². The van der Waals surface area contributed by atoms with Crippen molar-refractivity contribution in [2.45, 2.75) is 23.2 Å². The third-order valence-corrected chi connectivity index (χ3v) is 2.79. The molecule has 1 aromatic carbocycles. The monoisotopic (exact) mass is 201 g/mol. The summed E-state index contributed by atoms with van der Waals surface area (Å²) in [7, 11) is 0. The number of benzene rings is 1. The highest BCUT2D eigenvalue weighted by Crippen LogP contribution is 2.55. The van der Waals surface area contributed by atoms with Crippen LogP contribution in [0.3, 0.4) is 0 Å². The van der Waals surface area contributed by atoms with Gasteiger partial charge in [0.15, 0.2) is 0 Å². The van der Waals surface area contributed by atoms with Crippen molar-refractivity contribution >= 4 is 11.9 Å². The average molecular weight is 201 g/mol. The molecule has 1 unspecified atom stereocenters. The third kappa shape index (κ3) is 1.69. The molecule has 1 saturated carbocycles. The van der Waals surface area contributed by atoms with Crippen molar-refractivity contribution in [1.82, 2.24) is 0 Å². The number of alkyl halides is 2. The normalized spacial score (nSPS) is 24.4. The fraction of sp³-hybridized carbons (Fsp3) is 0.333. The fourth-order valence-electron chi connectivity index (χ4n) is 1.35. The van der Waals surface area contributed by atoms with E-state index in [1.54, 1.807) is 24.3 Å². The van der Waals surface area contributed by atoms with Gasteiger partial charge >= 0.3 is 0 Å². The van der Waals surface area contributed by atoms with Gasteiger partial charge in [0, 0.05) is 11.3 Å². The van der Waals surface area contributed by atoms with Crippen LogP contribution in [0.2, 0.25) is 0 Å². The SMILES string of the molecule is NSc1ccc(C2CC2(F)F)cc1. The summed E-state index contributed by atoms with van der Waals surface area (Å²) in [5.41, 5.74) is 0.711. The molecule has 0 spiro atoms. The van der Waals surface area contributed by atoms with Crippen molar-refractivity contribution < 1.29 is 8.78 Å². The van der Waals surface area contributed by atoms with Crippen LogP contribution in [0.1, 0.15) is 17.9 Å². The Morgan fingerprint density at radius 2 is 1.85 bits per heavy atom. The smallest absolute Gasteiger partial charge is 0.255 e. The number of hydrogen-bond acceptors (Lipinski definition) is 2. The highest BCUT2D eigenvalue weighted by atomic mass is 32.2. The Morgan fingerprint density at radius 3 is 2.23 bits per heavy atom. The van der Waals surface area contributed by atoms with Crippen molar-refractivity contribution in [2.75, 3.05) is 0 Å². The van der Waals surface area contributed by atoms with Crippen LogP contribution in [0.15, 0.2) is 29.2 Å². The van der Waals surface area contributed by atoms with Crippen molar-refractivity contribution in [3.63, 3.8) is 0 Å². The molecule has 0 amide bonds. The number of nitrogens with two attached hydrogens (primary N) is 1. The molecule has 1 aromatic rings. The summed E-state index contributed by atoms with van der Waals surface area (Å²) in [4.78, 5) is 0.896. The van der Waals surface area contributed by atoms with Gasteiger partial charge in [0.25, 0.3) is 5.92 Å². The molecule has 1 fully saturated rings. The van der Waals surface area contributed by atoms with E-state index in [1.165, 1.54) is 0 Å². The van der Waals surface area contributed by atoms with Gasteiger partial charge in [-0.05, 0) is 29.6 Å². The van der Waals surface area contributed by atoms with Gasteiger partial charge in [0.05, 0.1) is 5.92 Å². The third-order valence-electron chi connectivity index (χ3n) is 2.24. The van der Waals surface area contributed by atoms with E-state index in [4.69, 9.17) is 5.14 Å². The molecule has 1 aliphatic carbocycles. The fourth-order valence-corrected chi connectivity index (χ4v) is 1.65. The molecule has 1 nitrogen and oxygen atoms in total. The second kappa shape index (κ2) is 2.96. The van der Waals surface area contributed by atoms with E-state index in [0.717, 1.165) is 16.8 Å². The summed E-state index contributed by atoms with van der Waals surface area (Å²) in [6, 6.07) is 6.99. The molecule has 70 valence electrons. The zero-order chi connectivity index (χ0) is 9.47. The van der Waals surface area contributed by atoms with Gasteiger partial charge in [-0.1, -0.05) is 12.1 Å². The molecule has 1 atom stereocenters. The van der Waals surface area contributed by atoms with E-state index in [0.29, 0.717) is 5.56 Å². The maximum atomic E-state index is 12.6. The minimum Gasteiger partial charge on any atom is -0.274 e. The zero-order valence-electron chi connectivity index (χ0n) is 6.84. The molecule has 2 N–H and O–H groups in total. The Kier molecular flexibility index (Phi) is 2.04. The van der Waals surface area contributed by atoms with Gasteiger partial charge in [-0.3, -0.25) is 5.14 Å². The van der Waals surface area contributed by atoms with Crippen molar-refractivity contribution in [2.24, 2.45) is 5.14 Å². The lowest BCUT2D eigenvalue weighted by Crippen LogP contribution is -1.92. The lowest BCUT2D eigenvalue weighted by atomic mass is 10.1. The topological polar surface area (TPSA) is 26.0 Å². The van der Waals surface area contributed by atoms with Gasteiger partial charge in [-0.15, -0.1) is 0 Å². The number of halogens is 2. The summed E-state index contributed by atoms with van der Waals surface area (Å²) in [6.07, 6.45) is -0.0118. The molecule has 0 heterocycles. The van der Waals surface area contributed by atoms with E-state index in [1.807, 2.05) is 0 Å². The first-order chi connectivity index (χ1) is 6.13. The van der Waals surface area contributed by atoms with E-state index in [-0.39, 0.29) is 6.42 Å². The number of rotatable bonds is 2. The summed E-state index contributed by atoms with van der Waals surface area (Å²) in [5, 5.41) is 5.31. The molecule has 13 heavy (non-hydrogen) atoms. The van der Waals surface area contributed by atoms with Gasteiger partial charge in [0.1, 0.15) is 0 Å². The van der Waals surface area contributed by atoms with E-state index < -0.39 is 11.8 Å². The highest BCUT2D eigenvalue weighted by Gasteiger charge is 2.57. The molecule has 1 aliphatic rings. The Bertz CT molecular complexity index is 310. The maximum absolute atomic E-state index is 12.6. The average Bonchev–Trinajstić information content (AvgIpc) is 2.76. The Labute approximate surface area is 79.4 Å². The molecule has 0 saturated heterocycles. The van der Waals surface area contributed by atoms with Crippen LogP contribution in [-0.4, -0.2) is 5.92 Å². The lowest BCUT2D eigenvalue weighted by Gasteiger charge is -2.00. The van der Waals surface area contributed by atoms with Gasteiger partial charge < -0.3 is 0 Å². The first-order valence-corrected chi connectivity index (χ1v) is 4.86. The second-order valence-corrected chi connectivity index (χ2v) is 3.91. The van der Waals surface area contributed by atoms with Crippen LogP contribution in [0, 0.1) is 0 Å². The first-order valence-electron chi connectivity index (χ1n) is 3.98. The highest BCUT2D eigenvalue weighted by molar-refractivity contribution is 7.97. The predicted molar refractivity (Wildman–Crippen MR) is 48.8 cm³/mol. The van der Waals surface area contributed by atoms with Crippen LogP contribution in [0.25, 0.3) is 0 Å². The minimum absolute atomic E-state index is 0.0118. The molecule has 0 radical (unpaired) electrons. The quantitative estimate of drug-likeness (QED) is 0.744.